The number of likely N-dealkylation sites (tertiary alicyclic amines) is 1. The number of piperidine rings is 1. The van der Waals surface area contributed by atoms with Gasteiger partial charge in [-0.2, -0.15) is 0 Å². The molecule has 1 aliphatic heterocycles. The first-order valence-corrected chi connectivity index (χ1v) is 6.77. The average Bonchev–Trinajstić information content (AvgIpc) is 2.75. The van der Waals surface area contributed by atoms with Crippen molar-refractivity contribution in [1.29, 1.82) is 0 Å². The van der Waals surface area contributed by atoms with Crippen LogP contribution in [0.1, 0.15) is 45.4 Å². The zero-order valence-corrected chi connectivity index (χ0v) is 10.9. The number of amides is 1. The van der Waals surface area contributed by atoms with E-state index in [0.717, 1.165) is 37.7 Å². The number of carbonyl (C=O) groups is 2. The Balaban J connectivity index is 1.88. The first kappa shape index (κ1) is 13.1. The van der Waals surface area contributed by atoms with Crippen molar-refractivity contribution in [3.63, 3.8) is 0 Å². The Labute approximate surface area is 108 Å². The molecule has 0 radical (unpaired) electrons. The third kappa shape index (κ3) is 2.92. The van der Waals surface area contributed by atoms with Crippen molar-refractivity contribution >= 4 is 11.9 Å². The number of allylic oxidation sites excluding steroid dienone is 1. The Bertz CT molecular complexity index is 379. The van der Waals surface area contributed by atoms with Crippen molar-refractivity contribution < 1.29 is 14.7 Å². The third-order valence-electron chi connectivity index (χ3n) is 4.12. The van der Waals surface area contributed by atoms with Gasteiger partial charge in [0.1, 0.15) is 0 Å². The van der Waals surface area contributed by atoms with Crippen LogP contribution in [-0.2, 0) is 9.59 Å². The molecule has 0 atom stereocenters. The molecule has 1 N–H and O–H groups in total. The molecule has 100 valence electrons. The number of hydrogen-bond donors (Lipinski definition) is 1. The predicted molar refractivity (Wildman–Crippen MR) is 68.1 cm³/mol. The lowest BCUT2D eigenvalue weighted by Gasteiger charge is -2.32. The van der Waals surface area contributed by atoms with Gasteiger partial charge in [-0.1, -0.05) is 5.57 Å². The molecule has 0 aromatic rings. The van der Waals surface area contributed by atoms with E-state index in [9.17, 15) is 9.59 Å². The van der Waals surface area contributed by atoms with Crippen LogP contribution in [0.3, 0.4) is 0 Å². The summed E-state index contributed by atoms with van der Waals surface area (Å²) in [6.07, 6.45) is 4.96. The van der Waals surface area contributed by atoms with Gasteiger partial charge in [0.05, 0.1) is 0 Å². The van der Waals surface area contributed by atoms with E-state index in [4.69, 9.17) is 5.11 Å². The van der Waals surface area contributed by atoms with Crippen molar-refractivity contribution in [3.8, 4) is 0 Å². The van der Waals surface area contributed by atoms with Crippen LogP contribution in [-0.4, -0.2) is 35.0 Å². The van der Waals surface area contributed by atoms with Crippen molar-refractivity contribution in [2.45, 2.75) is 45.4 Å². The number of aliphatic carboxylic acids is 1. The van der Waals surface area contributed by atoms with Crippen LogP contribution in [0.2, 0.25) is 0 Å². The minimum Gasteiger partial charge on any atom is -0.481 e. The molecule has 1 fully saturated rings. The van der Waals surface area contributed by atoms with Crippen LogP contribution in [0.4, 0.5) is 0 Å². The lowest BCUT2D eigenvalue weighted by molar-refractivity contribution is -0.138. The Morgan fingerprint density at radius 2 is 1.94 bits per heavy atom. The number of rotatable bonds is 3. The lowest BCUT2D eigenvalue weighted by atomic mass is 9.93. The average molecular weight is 251 g/mol. The Kier molecular flexibility index (Phi) is 4.04. The number of carbonyl (C=O) groups excluding carboxylic acids is 1. The van der Waals surface area contributed by atoms with E-state index < -0.39 is 5.97 Å². The lowest BCUT2D eigenvalue weighted by Crippen LogP contribution is -2.39. The summed E-state index contributed by atoms with van der Waals surface area (Å²) >= 11 is 0. The molecule has 4 nitrogen and oxygen atoms in total. The van der Waals surface area contributed by atoms with Crippen LogP contribution in [0, 0.1) is 5.92 Å². The van der Waals surface area contributed by atoms with E-state index in [1.54, 1.807) is 0 Å². The first-order valence-electron chi connectivity index (χ1n) is 6.77. The molecule has 0 spiro atoms. The first-order chi connectivity index (χ1) is 8.58. The number of carboxylic acids is 1. The summed E-state index contributed by atoms with van der Waals surface area (Å²) in [7, 11) is 0. The zero-order valence-electron chi connectivity index (χ0n) is 10.9. The van der Waals surface area contributed by atoms with Gasteiger partial charge >= 0.3 is 5.97 Å². The van der Waals surface area contributed by atoms with E-state index in [0.29, 0.717) is 13.1 Å². The number of nitrogens with zero attached hydrogens (tertiary/aromatic N) is 1. The maximum atomic E-state index is 12.3. The summed E-state index contributed by atoms with van der Waals surface area (Å²) in [4.78, 5) is 24.8. The fourth-order valence-electron chi connectivity index (χ4n) is 2.96. The van der Waals surface area contributed by atoms with E-state index in [2.05, 4.69) is 6.92 Å². The van der Waals surface area contributed by atoms with Gasteiger partial charge in [-0.15, -0.1) is 0 Å². The topological polar surface area (TPSA) is 57.6 Å². The SMILES string of the molecule is CC1=C(C(=O)N2CCC(CC(=O)O)CC2)CCC1. The van der Waals surface area contributed by atoms with Crippen molar-refractivity contribution in [3.05, 3.63) is 11.1 Å². The summed E-state index contributed by atoms with van der Waals surface area (Å²) in [5.41, 5.74) is 2.25. The maximum Gasteiger partial charge on any atom is 0.303 e. The Morgan fingerprint density at radius 1 is 1.28 bits per heavy atom. The van der Waals surface area contributed by atoms with Gasteiger partial charge < -0.3 is 10.0 Å². The normalized spacial score (nSPS) is 21.5. The van der Waals surface area contributed by atoms with Gasteiger partial charge in [-0.3, -0.25) is 9.59 Å². The molecule has 0 aromatic carbocycles. The van der Waals surface area contributed by atoms with Crippen molar-refractivity contribution in [2.24, 2.45) is 5.92 Å². The second-order valence-corrected chi connectivity index (χ2v) is 5.45. The minimum atomic E-state index is -0.728. The predicted octanol–water partition coefficient (Wildman–Crippen LogP) is 2.20. The molecule has 2 aliphatic rings. The zero-order chi connectivity index (χ0) is 13.1. The molecule has 4 heteroatoms. The molecule has 2 rings (SSSR count). The summed E-state index contributed by atoms with van der Waals surface area (Å²) < 4.78 is 0. The Hall–Kier alpha value is -1.32. The quantitative estimate of drug-likeness (QED) is 0.836. The largest absolute Gasteiger partial charge is 0.481 e. The molecule has 18 heavy (non-hydrogen) atoms. The maximum absolute atomic E-state index is 12.3. The van der Waals surface area contributed by atoms with Crippen LogP contribution < -0.4 is 0 Å². The highest BCUT2D eigenvalue weighted by molar-refractivity contribution is 5.94. The van der Waals surface area contributed by atoms with Gasteiger partial charge in [-0.05, 0) is 44.9 Å². The molecule has 1 amide bonds. The number of carboxylic acid groups (broad SMARTS) is 1. The van der Waals surface area contributed by atoms with Gasteiger partial charge in [0.2, 0.25) is 5.91 Å². The molecule has 1 saturated heterocycles. The van der Waals surface area contributed by atoms with Gasteiger partial charge in [0, 0.05) is 25.1 Å². The van der Waals surface area contributed by atoms with Crippen LogP contribution >= 0.6 is 0 Å². The standard InChI is InChI=1S/C14H21NO3/c1-10-3-2-4-12(10)14(18)15-7-5-11(6-8-15)9-13(16)17/h11H,2-9H2,1H3,(H,16,17). The molecule has 0 bridgehead atoms. The summed E-state index contributed by atoms with van der Waals surface area (Å²) in [5.74, 6) is -0.293. The fraction of sp³-hybridized carbons (Fsp3) is 0.714. The second-order valence-electron chi connectivity index (χ2n) is 5.45. The van der Waals surface area contributed by atoms with Gasteiger partial charge in [0.15, 0.2) is 0 Å². The highest BCUT2D eigenvalue weighted by Gasteiger charge is 2.27. The fourth-order valence-corrected chi connectivity index (χ4v) is 2.96. The monoisotopic (exact) mass is 251 g/mol. The highest BCUT2D eigenvalue weighted by Crippen LogP contribution is 2.29. The summed E-state index contributed by atoms with van der Waals surface area (Å²) in [6, 6.07) is 0. The molecule has 0 aromatic heterocycles. The summed E-state index contributed by atoms with van der Waals surface area (Å²) in [6.45, 7) is 3.48. The molecular weight excluding hydrogens is 230 g/mol. The molecule has 0 saturated carbocycles. The third-order valence-corrected chi connectivity index (χ3v) is 4.12. The van der Waals surface area contributed by atoms with E-state index in [1.807, 2.05) is 4.90 Å². The summed E-state index contributed by atoms with van der Waals surface area (Å²) in [5, 5.41) is 8.76. The van der Waals surface area contributed by atoms with Crippen LogP contribution in [0.15, 0.2) is 11.1 Å². The number of hydrogen-bond acceptors (Lipinski definition) is 2. The molecule has 1 aliphatic carbocycles. The van der Waals surface area contributed by atoms with E-state index in [1.165, 1.54) is 5.57 Å². The van der Waals surface area contributed by atoms with E-state index >= 15 is 0 Å². The van der Waals surface area contributed by atoms with Crippen LogP contribution in [0.25, 0.3) is 0 Å². The smallest absolute Gasteiger partial charge is 0.303 e. The molecule has 0 unspecified atom stereocenters. The molecule has 1 heterocycles. The van der Waals surface area contributed by atoms with Crippen LogP contribution in [0.5, 0.6) is 0 Å². The second kappa shape index (κ2) is 5.55. The molecular formula is C14H21NO3. The minimum absolute atomic E-state index is 0.193. The van der Waals surface area contributed by atoms with Crippen molar-refractivity contribution in [2.75, 3.05) is 13.1 Å². The van der Waals surface area contributed by atoms with Gasteiger partial charge in [-0.25, -0.2) is 0 Å². The van der Waals surface area contributed by atoms with Crippen molar-refractivity contribution in [1.82, 2.24) is 4.90 Å². The van der Waals surface area contributed by atoms with E-state index in [-0.39, 0.29) is 18.2 Å². The highest BCUT2D eigenvalue weighted by atomic mass is 16.4. The van der Waals surface area contributed by atoms with Gasteiger partial charge in [0.25, 0.3) is 0 Å². The Morgan fingerprint density at radius 3 is 2.44 bits per heavy atom.